The number of hydrogen-bond donors (Lipinski definition) is 1. The molecular weight excluding hydrogens is 342 g/mol. The Morgan fingerprint density at radius 3 is 2.85 bits per heavy atom. The van der Waals surface area contributed by atoms with E-state index < -0.39 is 0 Å². The molecule has 0 radical (unpaired) electrons. The molecule has 26 heavy (non-hydrogen) atoms. The van der Waals surface area contributed by atoms with Gasteiger partial charge in [0, 0.05) is 11.4 Å². The smallest absolute Gasteiger partial charge is 0.230 e. The summed E-state index contributed by atoms with van der Waals surface area (Å²) in [5.41, 5.74) is 3.74. The number of pyridine rings is 1. The predicted molar refractivity (Wildman–Crippen MR) is 106 cm³/mol. The molecule has 0 unspecified atom stereocenters. The van der Waals surface area contributed by atoms with Gasteiger partial charge < -0.3 is 5.32 Å². The van der Waals surface area contributed by atoms with Gasteiger partial charge in [0.15, 0.2) is 0 Å². The number of rotatable bonds is 4. The number of nitrogens with zero attached hydrogens (tertiary/aromatic N) is 2. The molecule has 0 spiro atoms. The van der Waals surface area contributed by atoms with Crippen LogP contribution in [0.1, 0.15) is 49.3 Å². The maximum absolute atomic E-state index is 12.4. The van der Waals surface area contributed by atoms with Crippen LogP contribution in [0.2, 0.25) is 0 Å². The third-order valence-electron chi connectivity index (χ3n) is 5.39. The molecule has 1 N–H and O–H groups in total. The Bertz CT molecular complexity index is 872. The fraction of sp³-hybridized carbons (Fsp3) is 0.476. The second-order valence-corrected chi connectivity index (χ2v) is 8.22. The standard InChI is InChI=1S/C21H25N3OS/c1-13-8-9-16-10-17(11-22)21(24-20(16)15(13)3)26-12-19(25)23-18-7-5-4-6-14(18)2/h8-10,14,18H,4-7,12H2,1-3H3,(H,23,25)/t14-,18-/m1/s1. The van der Waals surface area contributed by atoms with Crippen LogP contribution < -0.4 is 5.32 Å². The lowest BCUT2D eigenvalue weighted by molar-refractivity contribution is -0.119. The fourth-order valence-corrected chi connectivity index (χ4v) is 4.34. The van der Waals surface area contributed by atoms with Gasteiger partial charge in [0.2, 0.25) is 5.91 Å². The van der Waals surface area contributed by atoms with Crippen molar-refractivity contribution >= 4 is 28.6 Å². The molecule has 1 aliphatic rings. The second kappa shape index (κ2) is 8.09. The van der Waals surface area contributed by atoms with Gasteiger partial charge in [0.25, 0.3) is 0 Å². The molecule has 5 heteroatoms. The van der Waals surface area contributed by atoms with Gasteiger partial charge in [-0.15, -0.1) is 0 Å². The number of carbonyl (C=O) groups is 1. The van der Waals surface area contributed by atoms with Crippen LogP contribution in [-0.4, -0.2) is 22.7 Å². The summed E-state index contributed by atoms with van der Waals surface area (Å²) < 4.78 is 0. The summed E-state index contributed by atoms with van der Waals surface area (Å²) in [6, 6.07) is 8.42. The van der Waals surface area contributed by atoms with Crippen molar-refractivity contribution in [2.75, 3.05) is 5.75 Å². The highest BCUT2D eigenvalue weighted by Crippen LogP contribution is 2.28. The topological polar surface area (TPSA) is 65.8 Å². The first kappa shape index (κ1) is 18.7. The van der Waals surface area contributed by atoms with Crippen LogP contribution >= 0.6 is 11.8 Å². The van der Waals surface area contributed by atoms with Crippen LogP contribution in [0.15, 0.2) is 23.2 Å². The number of benzene rings is 1. The summed E-state index contributed by atoms with van der Waals surface area (Å²) in [4.78, 5) is 17.1. The molecule has 136 valence electrons. The van der Waals surface area contributed by atoms with E-state index >= 15 is 0 Å². The summed E-state index contributed by atoms with van der Waals surface area (Å²) in [6.45, 7) is 6.31. The predicted octanol–water partition coefficient (Wildman–Crippen LogP) is 4.51. The average Bonchev–Trinajstić information content (AvgIpc) is 2.64. The normalized spacial score (nSPS) is 19.9. The molecule has 1 aromatic carbocycles. The van der Waals surface area contributed by atoms with Crippen LogP contribution in [0.4, 0.5) is 0 Å². The molecule has 0 aliphatic heterocycles. The SMILES string of the molecule is Cc1ccc2cc(C#N)c(SCC(=O)N[C@@H]3CCCC[C@H]3C)nc2c1C. The molecule has 3 rings (SSSR count). The van der Waals surface area contributed by atoms with Gasteiger partial charge in [0.1, 0.15) is 11.1 Å². The second-order valence-electron chi connectivity index (χ2n) is 7.26. The summed E-state index contributed by atoms with van der Waals surface area (Å²) in [5, 5.41) is 14.2. The molecule has 2 aromatic rings. The Morgan fingerprint density at radius 1 is 1.35 bits per heavy atom. The summed E-state index contributed by atoms with van der Waals surface area (Å²) in [5.74, 6) is 0.860. The highest BCUT2D eigenvalue weighted by molar-refractivity contribution is 8.00. The number of hydrogen-bond acceptors (Lipinski definition) is 4. The third-order valence-corrected chi connectivity index (χ3v) is 6.39. The van der Waals surface area contributed by atoms with Crippen molar-refractivity contribution in [1.82, 2.24) is 10.3 Å². The van der Waals surface area contributed by atoms with Gasteiger partial charge in [-0.25, -0.2) is 4.98 Å². The maximum atomic E-state index is 12.4. The van der Waals surface area contributed by atoms with E-state index in [9.17, 15) is 10.1 Å². The minimum absolute atomic E-state index is 0.0282. The average molecular weight is 368 g/mol. The summed E-state index contributed by atoms with van der Waals surface area (Å²) in [6.07, 6.45) is 4.69. The van der Waals surface area contributed by atoms with Crippen molar-refractivity contribution in [3.05, 3.63) is 34.9 Å². The monoisotopic (exact) mass is 367 g/mol. The number of aromatic nitrogens is 1. The molecular formula is C21H25N3OS. The number of nitriles is 1. The minimum atomic E-state index is 0.0282. The number of nitrogens with one attached hydrogen (secondary N) is 1. The van der Waals surface area contributed by atoms with Crippen molar-refractivity contribution < 1.29 is 4.79 Å². The molecule has 1 fully saturated rings. The van der Waals surface area contributed by atoms with E-state index in [0.717, 1.165) is 22.9 Å². The van der Waals surface area contributed by atoms with Crippen LogP contribution in [0.3, 0.4) is 0 Å². The number of fused-ring (bicyclic) bond motifs is 1. The lowest BCUT2D eigenvalue weighted by Gasteiger charge is -2.29. The van der Waals surface area contributed by atoms with Gasteiger partial charge in [0.05, 0.1) is 16.8 Å². The van der Waals surface area contributed by atoms with Crippen molar-refractivity contribution in [3.8, 4) is 6.07 Å². The van der Waals surface area contributed by atoms with Crippen LogP contribution in [0.25, 0.3) is 10.9 Å². The van der Waals surface area contributed by atoms with E-state index in [1.807, 2.05) is 25.1 Å². The van der Waals surface area contributed by atoms with Crippen molar-refractivity contribution in [3.63, 3.8) is 0 Å². The lowest BCUT2D eigenvalue weighted by Crippen LogP contribution is -2.41. The van der Waals surface area contributed by atoms with Crippen LogP contribution in [0, 0.1) is 31.1 Å². The largest absolute Gasteiger partial charge is 0.352 e. The highest BCUT2D eigenvalue weighted by Gasteiger charge is 2.23. The molecule has 1 heterocycles. The van der Waals surface area contributed by atoms with Gasteiger partial charge in [-0.3, -0.25) is 4.79 Å². The Kier molecular flexibility index (Phi) is 5.83. The Labute approximate surface area is 159 Å². The van der Waals surface area contributed by atoms with Crippen molar-refractivity contribution in [2.24, 2.45) is 5.92 Å². The van der Waals surface area contributed by atoms with E-state index in [-0.39, 0.29) is 11.9 Å². The number of thioether (sulfide) groups is 1. The van der Waals surface area contributed by atoms with Crippen molar-refractivity contribution in [1.29, 1.82) is 5.26 Å². The fourth-order valence-electron chi connectivity index (χ4n) is 3.57. The molecule has 2 atom stereocenters. The molecule has 1 saturated carbocycles. The number of carbonyl (C=O) groups excluding carboxylic acids is 1. The zero-order valence-electron chi connectivity index (χ0n) is 15.6. The Balaban J connectivity index is 1.74. The first-order chi connectivity index (χ1) is 12.5. The summed E-state index contributed by atoms with van der Waals surface area (Å²) >= 11 is 1.35. The highest BCUT2D eigenvalue weighted by atomic mass is 32.2. The van der Waals surface area contributed by atoms with Gasteiger partial charge in [-0.1, -0.05) is 43.7 Å². The number of amides is 1. The molecule has 1 aromatic heterocycles. The van der Waals surface area contributed by atoms with Crippen molar-refractivity contribution in [2.45, 2.75) is 57.5 Å². The molecule has 1 amide bonds. The van der Waals surface area contributed by atoms with Gasteiger partial charge >= 0.3 is 0 Å². The molecule has 0 bridgehead atoms. The molecule has 1 aliphatic carbocycles. The van der Waals surface area contributed by atoms with Crippen LogP contribution in [0.5, 0.6) is 0 Å². The zero-order chi connectivity index (χ0) is 18.7. The van der Waals surface area contributed by atoms with E-state index in [4.69, 9.17) is 4.98 Å². The summed E-state index contributed by atoms with van der Waals surface area (Å²) in [7, 11) is 0. The minimum Gasteiger partial charge on any atom is -0.352 e. The maximum Gasteiger partial charge on any atom is 0.230 e. The van der Waals surface area contributed by atoms with Gasteiger partial charge in [-0.2, -0.15) is 5.26 Å². The zero-order valence-corrected chi connectivity index (χ0v) is 16.4. The Hall–Kier alpha value is -2.06. The van der Waals surface area contributed by atoms with E-state index in [1.54, 1.807) is 0 Å². The third kappa shape index (κ3) is 4.02. The first-order valence-electron chi connectivity index (χ1n) is 9.23. The van der Waals surface area contributed by atoms with E-state index in [0.29, 0.717) is 22.3 Å². The number of aryl methyl sites for hydroxylation is 2. The molecule has 0 saturated heterocycles. The quantitative estimate of drug-likeness (QED) is 0.808. The van der Waals surface area contributed by atoms with Crippen LogP contribution in [-0.2, 0) is 4.79 Å². The lowest BCUT2D eigenvalue weighted by atomic mass is 9.86. The van der Waals surface area contributed by atoms with E-state index in [1.165, 1.54) is 36.6 Å². The van der Waals surface area contributed by atoms with Gasteiger partial charge in [-0.05, 0) is 49.8 Å². The molecule has 4 nitrogen and oxygen atoms in total. The first-order valence-corrected chi connectivity index (χ1v) is 10.2. The Morgan fingerprint density at radius 2 is 2.12 bits per heavy atom. The van der Waals surface area contributed by atoms with E-state index in [2.05, 4.69) is 25.2 Å².